The van der Waals surface area contributed by atoms with E-state index in [-0.39, 0.29) is 6.04 Å². The summed E-state index contributed by atoms with van der Waals surface area (Å²) in [5, 5.41) is 6.71. The largest absolute Gasteiger partial charge is 0.366 e. The highest BCUT2D eigenvalue weighted by Crippen LogP contribution is 2.22. The average Bonchev–Trinajstić information content (AvgIpc) is 2.61. The number of hydrogen-bond acceptors (Lipinski definition) is 4. The molecule has 0 atom stereocenters. The topological polar surface area (TPSA) is 49.8 Å². The summed E-state index contributed by atoms with van der Waals surface area (Å²) in [5.41, 5.74) is 4.48. The van der Waals surface area contributed by atoms with E-state index in [0.29, 0.717) is 5.95 Å². The van der Waals surface area contributed by atoms with Crippen LogP contribution in [0.2, 0.25) is 0 Å². The molecule has 4 nitrogen and oxygen atoms in total. The Kier molecular flexibility index (Phi) is 5.29. The van der Waals surface area contributed by atoms with Crippen molar-refractivity contribution in [3.8, 4) is 11.3 Å². The Bertz CT molecular complexity index is 811. The Hall–Kier alpha value is -2.88. The van der Waals surface area contributed by atoms with Crippen molar-refractivity contribution in [3.63, 3.8) is 0 Å². The second-order valence-corrected chi connectivity index (χ2v) is 6.47. The van der Waals surface area contributed by atoms with E-state index in [4.69, 9.17) is 0 Å². The molecule has 128 valence electrons. The Morgan fingerprint density at radius 3 is 2.32 bits per heavy atom. The number of aryl methyl sites for hydroxylation is 1. The normalized spacial score (nSPS) is 10.7. The maximum atomic E-state index is 4.65. The number of aromatic nitrogens is 2. The fraction of sp³-hybridized carbons (Fsp3) is 0.238. The summed E-state index contributed by atoms with van der Waals surface area (Å²) in [6, 6.07) is 21.0. The van der Waals surface area contributed by atoms with Crippen molar-refractivity contribution >= 4 is 11.8 Å². The standard InChI is InChI=1S/C21H24N4/c1-15(2)23-21-24-19(18-7-5-4-6-8-18)13-20(25-21)22-14-17-11-9-16(3)10-12-17/h4-13,15H,14H2,1-3H3,(H2,22,23,24,25). The van der Waals surface area contributed by atoms with Crippen LogP contribution in [0.4, 0.5) is 11.8 Å². The Labute approximate surface area is 149 Å². The molecule has 1 heterocycles. The Morgan fingerprint density at radius 1 is 0.920 bits per heavy atom. The van der Waals surface area contributed by atoms with Gasteiger partial charge >= 0.3 is 0 Å². The molecule has 0 saturated carbocycles. The molecule has 0 aliphatic heterocycles. The molecule has 1 aromatic heterocycles. The molecule has 25 heavy (non-hydrogen) atoms. The molecule has 3 aromatic rings. The lowest BCUT2D eigenvalue weighted by molar-refractivity contribution is 0.874. The van der Waals surface area contributed by atoms with E-state index in [1.807, 2.05) is 24.3 Å². The second-order valence-electron chi connectivity index (χ2n) is 6.47. The molecule has 4 heteroatoms. The van der Waals surface area contributed by atoms with Gasteiger partial charge in [-0.25, -0.2) is 4.98 Å². The first-order valence-electron chi connectivity index (χ1n) is 8.60. The summed E-state index contributed by atoms with van der Waals surface area (Å²) >= 11 is 0. The quantitative estimate of drug-likeness (QED) is 0.675. The van der Waals surface area contributed by atoms with Crippen molar-refractivity contribution in [1.82, 2.24) is 9.97 Å². The van der Waals surface area contributed by atoms with Crippen molar-refractivity contribution in [2.75, 3.05) is 10.6 Å². The molecule has 0 amide bonds. The molecule has 0 radical (unpaired) electrons. The van der Waals surface area contributed by atoms with Gasteiger partial charge in [-0.3, -0.25) is 0 Å². The fourth-order valence-corrected chi connectivity index (χ4v) is 2.52. The van der Waals surface area contributed by atoms with Gasteiger partial charge in [-0.15, -0.1) is 0 Å². The number of nitrogens with one attached hydrogen (secondary N) is 2. The maximum Gasteiger partial charge on any atom is 0.225 e. The van der Waals surface area contributed by atoms with E-state index in [2.05, 4.69) is 77.8 Å². The fourth-order valence-electron chi connectivity index (χ4n) is 2.52. The molecule has 0 fully saturated rings. The maximum absolute atomic E-state index is 4.65. The van der Waals surface area contributed by atoms with Crippen LogP contribution in [0, 0.1) is 6.92 Å². The van der Waals surface area contributed by atoms with Crippen molar-refractivity contribution < 1.29 is 0 Å². The SMILES string of the molecule is Cc1ccc(CNc2cc(-c3ccccc3)nc(NC(C)C)n2)cc1. The number of hydrogen-bond donors (Lipinski definition) is 2. The summed E-state index contributed by atoms with van der Waals surface area (Å²) in [6.45, 7) is 6.99. The highest BCUT2D eigenvalue weighted by Gasteiger charge is 2.07. The molecule has 0 spiro atoms. The summed E-state index contributed by atoms with van der Waals surface area (Å²) in [5.74, 6) is 1.46. The van der Waals surface area contributed by atoms with Gasteiger partial charge in [-0.1, -0.05) is 60.2 Å². The monoisotopic (exact) mass is 332 g/mol. The molecule has 0 unspecified atom stereocenters. The molecule has 0 aliphatic rings. The molecule has 2 N–H and O–H groups in total. The van der Waals surface area contributed by atoms with Gasteiger partial charge in [0.15, 0.2) is 0 Å². The number of nitrogens with zero attached hydrogens (tertiary/aromatic N) is 2. The Balaban J connectivity index is 1.85. The minimum atomic E-state index is 0.274. The van der Waals surface area contributed by atoms with E-state index in [9.17, 15) is 0 Å². The van der Waals surface area contributed by atoms with Crippen LogP contribution in [0.3, 0.4) is 0 Å². The summed E-state index contributed by atoms with van der Waals surface area (Å²) in [6.07, 6.45) is 0. The molecule has 0 saturated heterocycles. The summed E-state index contributed by atoms with van der Waals surface area (Å²) in [7, 11) is 0. The summed E-state index contributed by atoms with van der Waals surface area (Å²) < 4.78 is 0. The average molecular weight is 332 g/mol. The molecular formula is C21H24N4. The highest BCUT2D eigenvalue weighted by atomic mass is 15.1. The van der Waals surface area contributed by atoms with E-state index >= 15 is 0 Å². The van der Waals surface area contributed by atoms with E-state index in [1.165, 1.54) is 11.1 Å². The van der Waals surface area contributed by atoms with Crippen LogP contribution < -0.4 is 10.6 Å². The van der Waals surface area contributed by atoms with Crippen LogP contribution in [-0.4, -0.2) is 16.0 Å². The molecular weight excluding hydrogens is 308 g/mol. The minimum Gasteiger partial charge on any atom is -0.366 e. The van der Waals surface area contributed by atoms with Gasteiger partial charge in [0.1, 0.15) is 5.82 Å². The second kappa shape index (κ2) is 7.79. The van der Waals surface area contributed by atoms with Crippen LogP contribution >= 0.6 is 0 Å². The zero-order valence-electron chi connectivity index (χ0n) is 15.0. The van der Waals surface area contributed by atoms with Gasteiger partial charge in [0.05, 0.1) is 5.69 Å². The molecule has 3 rings (SSSR count). The Morgan fingerprint density at radius 2 is 1.64 bits per heavy atom. The van der Waals surface area contributed by atoms with Gasteiger partial charge in [-0.2, -0.15) is 4.98 Å². The highest BCUT2D eigenvalue weighted by molar-refractivity contribution is 5.64. The number of rotatable bonds is 6. The third-order valence-corrected chi connectivity index (χ3v) is 3.81. The van der Waals surface area contributed by atoms with Crippen LogP contribution in [-0.2, 0) is 6.54 Å². The number of benzene rings is 2. The van der Waals surface area contributed by atoms with Crippen LogP contribution in [0.5, 0.6) is 0 Å². The first-order chi connectivity index (χ1) is 12.1. The van der Waals surface area contributed by atoms with Crippen molar-refractivity contribution in [2.24, 2.45) is 0 Å². The van der Waals surface area contributed by atoms with Crippen molar-refractivity contribution in [2.45, 2.75) is 33.4 Å². The van der Waals surface area contributed by atoms with Crippen LogP contribution in [0.25, 0.3) is 11.3 Å². The smallest absolute Gasteiger partial charge is 0.225 e. The van der Waals surface area contributed by atoms with Gasteiger partial charge in [-0.05, 0) is 26.3 Å². The zero-order chi connectivity index (χ0) is 17.6. The van der Waals surface area contributed by atoms with Gasteiger partial charge < -0.3 is 10.6 Å². The molecule has 2 aromatic carbocycles. The lowest BCUT2D eigenvalue weighted by Crippen LogP contribution is -2.14. The first-order valence-corrected chi connectivity index (χ1v) is 8.60. The van der Waals surface area contributed by atoms with E-state index in [1.54, 1.807) is 0 Å². The van der Waals surface area contributed by atoms with Gasteiger partial charge in [0.2, 0.25) is 5.95 Å². The minimum absolute atomic E-state index is 0.274. The van der Waals surface area contributed by atoms with Crippen LogP contribution in [0.1, 0.15) is 25.0 Å². The molecule has 0 bridgehead atoms. The third-order valence-electron chi connectivity index (χ3n) is 3.81. The lowest BCUT2D eigenvalue weighted by atomic mass is 10.1. The van der Waals surface area contributed by atoms with E-state index in [0.717, 1.165) is 23.6 Å². The third kappa shape index (κ3) is 4.80. The first kappa shape index (κ1) is 17.0. The van der Waals surface area contributed by atoms with Gasteiger partial charge in [0.25, 0.3) is 0 Å². The van der Waals surface area contributed by atoms with Crippen molar-refractivity contribution in [1.29, 1.82) is 0 Å². The predicted molar refractivity (Wildman–Crippen MR) is 105 cm³/mol. The number of anilines is 2. The van der Waals surface area contributed by atoms with Crippen molar-refractivity contribution in [3.05, 3.63) is 71.8 Å². The zero-order valence-corrected chi connectivity index (χ0v) is 15.0. The molecule has 0 aliphatic carbocycles. The van der Waals surface area contributed by atoms with Gasteiger partial charge in [0, 0.05) is 24.2 Å². The summed E-state index contributed by atoms with van der Waals surface area (Å²) in [4.78, 5) is 9.25. The predicted octanol–water partition coefficient (Wildman–Crippen LogP) is 4.88. The van der Waals surface area contributed by atoms with E-state index < -0.39 is 0 Å². The lowest BCUT2D eigenvalue weighted by Gasteiger charge is -2.13. The van der Waals surface area contributed by atoms with Crippen LogP contribution in [0.15, 0.2) is 60.7 Å².